The summed E-state index contributed by atoms with van der Waals surface area (Å²) in [5.74, 6) is 0.930. The molecular formula is C15H24ClNO2. The molecule has 2 atom stereocenters. The SMILES string of the molecule is COc1cc(C)c(Cl)c(C)c1C(C(C)CO)N(C)C. The Morgan fingerprint density at radius 1 is 1.37 bits per heavy atom. The molecule has 0 amide bonds. The van der Waals surface area contributed by atoms with Gasteiger partial charge in [-0.25, -0.2) is 0 Å². The lowest BCUT2D eigenvalue weighted by Gasteiger charge is -2.32. The average Bonchev–Trinajstić information content (AvgIpc) is 2.37. The van der Waals surface area contributed by atoms with E-state index in [2.05, 4.69) is 4.90 Å². The van der Waals surface area contributed by atoms with Gasteiger partial charge in [0.05, 0.1) is 7.11 Å². The van der Waals surface area contributed by atoms with Crippen LogP contribution in [0.3, 0.4) is 0 Å². The highest BCUT2D eigenvalue weighted by atomic mass is 35.5. The molecule has 0 heterocycles. The Hall–Kier alpha value is -0.770. The second-order valence-corrected chi connectivity index (χ2v) is 5.69. The molecule has 2 unspecified atom stereocenters. The molecule has 0 fully saturated rings. The molecule has 0 aliphatic rings. The fraction of sp³-hybridized carbons (Fsp3) is 0.600. The van der Waals surface area contributed by atoms with Crippen molar-refractivity contribution in [3.05, 3.63) is 27.8 Å². The van der Waals surface area contributed by atoms with Gasteiger partial charge in [0.25, 0.3) is 0 Å². The monoisotopic (exact) mass is 285 g/mol. The lowest BCUT2D eigenvalue weighted by molar-refractivity contribution is 0.143. The quantitative estimate of drug-likeness (QED) is 0.902. The third-order valence-electron chi connectivity index (χ3n) is 3.59. The lowest BCUT2D eigenvalue weighted by atomic mass is 9.89. The van der Waals surface area contributed by atoms with Gasteiger partial charge in [0.2, 0.25) is 0 Å². The zero-order valence-corrected chi connectivity index (χ0v) is 13.4. The highest BCUT2D eigenvalue weighted by Crippen LogP contribution is 2.40. The zero-order valence-electron chi connectivity index (χ0n) is 12.6. The van der Waals surface area contributed by atoms with Crippen molar-refractivity contribution in [1.29, 1.82) is 0 Å². The molecule has 108 valence electrons. The van der Waals surface area contributed by atoms with Crippen molar-refractivity contribution < 1.29 is 9.84 Å². The third-order valence-corrected chi connectivity index (χ3v) is 4.17. The Kier molecular flexibility index (Phi) is 5.65. The van der Waals surface area contributed by atoms with Gasteiger partial charge in [-0.05, 0) is 51.1 Å². The molecule has 1 aromatic carbocycles. The van der Waals surface area contributed by atoms with E-state index in [0.717, 1.165) is 27.5 Å². The summed E-state index contributed by atoms with van der Waals surface area (Å²) in [6.45, 7) is 6.13. The van der Waals surface area contributed by atoms with Crippen LogP contribution in [0.25, 0.3) is 0 Å². The number of aliphatic hydroxyl groups is 1. The molecule has 0 bridgehead atoms. The van der Waals surface area contributed by atoms with Crippen LogP contribution in [0.5, 0.6) is 5.75 Å². The maximum atomic E-state index is 9.49. The molecule has 0 radical (unpaired) electrons. The van der Waals surface area contributed by atoms with Crippen molar-refractivity contribution in [2.45, 2.75) is 26.8 Å². The topological polar surface area (TPSA) is 32.7 Å². The summed E-state index contributed by atoms with van der Waals surface area (Å²) in [7, 11) is 5.68. The minimum atomic E-state index is 0.0676. The Morgan fingerprint density at radius 3 is 2.37 bits per heavy atom. The van der Waals surface area contributed by atoms with Gasteiger partial charge in [-0.15, -0.1) is 0 Å². The number of hydrogen-bond acceptors (Lipinski definition) is 3. The minimum absolute atomic E-state index is 0.0676. The third kappa shape index (κ3) is 3.22. The van der Waals surface area contributed by atoms with E-state index in [-0.39, 0.29) is 18.6 Å². The number of methoxy groups -OCH3 is 1. The first-order valence-corrected chi connectivity index (χ1v) is 6.83. The molecule has 0 saturated heterocycles. The van der Waals surface area contributed by atoms with Gasteiger partial charge in [0.15, 0.2) is 0 Å². The van der Waals surface area contributed by atoms with Crippen molar-refractivity contribution in [3.63, 3.8) is 0 Å². The van der Waals surface area contributed by atoms with Crippen LogP contribution in [0, 0.1) is 19.8 Å². The summed E-state index contributed by atoms with van der Waals surface area (Å²) < 4.78 is 5.52. The minimum Gasteiger partial charge on any atom is -0.496 e. The summed E-state index contributed by atoms with van der Waals surface area (Å²) in [5.41, 5.74) is 3.09. The number of aliphatic hydroxyl groups excluding tert-OH is 1. The average molecular weight is 286 g/mol. The summed E-state index contributed by atoms with van der Waals surface area (Å²) in [5, 5.41) is 10.3. The number of benzene rings is 1. The second kappa shape index (κ2) is 6.60. The number of aryl methyl sites for hydroxylation is 1. The van der Waals surface area contributed by atoms with Crippen LogP contribution in [-0.2, 0) is 0 Å². The second-order valence-electron chi connectivity index (χ2n) is 5.32. The smallest absolute Gasteiger partial charge is 0.124 e. The van der Waals surface area contributed by atoms with E-state index in [1.165, 1.54) is 0 Å². The Balaban J connectivity index is 3.49. The highest BCUT2D eigenvalue weighted by molar-refractivity contribution is 6.32. The van der Waals surface area contributed by atoms with Crippen molar-refractivity contribution >= 4 is 11.6 Å². The summed E-state index contributed by atoms with van der Waals surface area (Å²) in [6, 6.07) is 2.03. The molecule has 19 heavy (non-hydrogen) atoms. The predicted octanol–water partition coefficient (Wildman–Crippen LogP) is 3.20. The van der Waals surface area contributed by atoms with Gasteiger partial charge < -0.3 is 14.7 Å². The van der Waals surface area contributed by atoms with Crippen LogP contribution in [0.2, 0.25) is 5.02 Å². The van der Waals surface area contributed by atoms with Crippen molar-refractivity contribution in [3.8, 4) is 5.75 Å². The van der Waals surface area contributed by atoms with Gasteiger partial charge in [0, 0.05) is 23.2 Å². The molecule has 0 spiro atoms. The first kappa shape index (κ1) is 16.3. The largest absolute Gasteiger partial charge is 0.496 e. The van der Waals surface area contributed by atoms with Crippen molar-refractivity contribution in [1.82, 2.24) is 4.90 Å². The van der Waals surface area contributed by atoms with Gasteiger partial charge in [0.1, 0.15) is 5.75 Å². The fourth-order valence-electron chi connectivity index (χ4n) is 2.62. The Morgan fingerprint density at radius 2 is 1.95 bits per heavy atom. The van der Waals surface area contributed by atoms with E-state index in [4.69, 9.17) is 16.3 Å². The molecule has 0 aliphatic heterocycles. The zero-order chi connectivity index (χ0) is 14.7. The first-order valence-electron chi connectivity index (χ1n) is 6.46. The summed E-state index contributed by atoms with van der Waals surface area (Å²) in [6.07, 6.45) is 0. The lowest BCUT2D eigenvalue weighted by Crippen LogP contribution is -2.29. The molecule has 4 heteroatoms. The number of hydrogen-bond donors (Lipinski definition) is 1. The van der Waals surface area contributed by atoms with Crippen molar-refractivity contribution in [2.75, 3.05) is 27.8 Å². The van der Waals surface area contributed by atoms with E-state index in [1.54, 1.807) is 7.11 Å². The molecule has 1 aromatic rings. The summed E-state index contributed by atoms with van der Waals surface area (Å²) >= 11 is 6.37. The normalized spacial score (nSPS) is 14.6. The number of nitrogens with zero attached hydrogens (tertiary/aromatic N) is 1. The maximum absolute atomic E-state index is 9.49. The maximum Gasteiger partial charge on any atom is 0.124 e. The molecule has 1 N–H and O–H groups in total. The van der Waals surface area contributed by atoms with Crippen LogP contribution >= 0.6 is 11.6 Å². The molecule has 0 aromatic heterocycles. The fourth-order valence-corrected chi connectivity index (χ4v) is 2.78. The molecule has 0 saturated carbocycles. The predicted molar refractivity (Wildman–Crippen MR) is 80.2 cm³/mol. The van der Waals surface area contributed by atoms with Crippen molar-refractivity contribution in [2.24, 2.45) is 5.92 Å². The van der Waals surface area contributed by atoms with Gasteiger partial charge >= 0.3 is 0 Å². The molecule has 3 nitrogen and oxygen atoms in total. The number of ether oxygens (including phenoxy) is 1. The first-order chi connectivity index (χ1) is 8.84. The highest BCUT2D eigenvalue weighted by Gasteiger charge is 2.27. The van der Waals surface area contributed by atoms with Gasteiger partial charge in [-0.3, -0.25) is 0 Å². The van der Waals surface area contributed by atoms with Crippen LogP contribution in [-0.4, -0.2) is 37.8 Å². The van der Waals surface area contributed by atoms with Crippen LogP contribution < -0.4 is 4.74 Å². The van der Waals surface area contributed by atoms with Crippen LogP contribution in [0.4, 0.5) is 0 Å². The van der Waals surface area contributed by atoms with Gasteiger partial charge in [-0.2, -0.15) is 0 Å². The van der Waals surface area contributed by atoms with Gasteiger partial charge in [-0.1, -0.05) is 18.5 Å². The van der Waals surface area contributed by atoms with E-state index in [1.807, 2.05) is 40.9 Å². The molecule has 1 rings (SSSR count). The van der Waals surface area contributed by atoms with Crippen LogP contribution in [0.15, 0.2) is 6.07 Å². The Bertz CT molecular complexity index is 446. The summed E-state index contributed by atoms with van der Waals surface area (Å²) in [4.78, 5) is 2.09. The van der Waals surface area contributed by atoms with E-state index in [0.29, 0.717) is 0 Å². The molecule has 0 aliphatic carbocycles. The molecular weight excluding hydrogens is 262 g/mol. The van der Waals surface area contributed by atoms with E-state index in [9.17, 15) is 5.11 Å². The van der Waals surface area contributed by atoms with E-state index < -0.39 is 0 Å². The van der Waals surface area contributed by atoms with Crippen LogP contribution in [0.1, 0.15) is 29.7 Å². The number of halogens is 1. The standard InChI is InChI=1S/C15H24ClNO2/c1-9-7-12(19-6)13(11(3)14(9)16)15(17(4)5)10(2)8-18/h7,10,15,18H,8H2,1-6H3. The number of rotatable bonds is 5. The Labute approximate surface area is 121 Å². The van der Waals surface area contributed by atoms with E-state index >= 15 is 0 Å².